The van der Waals surface area contributed by atoms with Crippen molar-refractivity contribution in [1.29, 1.82) is 0 Å². The minimum absolute atomic E-state index is 0.201. The summed E-state index contributed by atoms with van der Waals surface area (Å²) >= 11 is 1.92. The number of nitrogens with two attached hydrogens (primary N) is 1. The maximum absolute atomic E-state index is 12.7. The molecule has 3 nitrogen and oxygen atoms in total. The van der Waals surface area contributed by atoms with Crippen LogP contribution < -0.4 is 11.1 Å². The highest BCUT2D eigenvalue weighted by molar-refractivity contribution is 8.00. The highest BCUT2D eigenvalue weighted by atomic mass is 32.2. The van der Waals surface area contributed by atoms with Gasteiger partial charge in [0.2, 0.25) is 5.91 Å². The average Bonchev–Trinajstić information content (AvgIpc) is 3.18. The Bertz CT molecular complexity index is 516. The molecule has 0 heterocycles. The molecule has 0 unspecified atom stereocenters. The second-order valence-corrected chi connectivity index (χ2v) is 7.76. The molecule has 2 saturated carbocycles. The summed E-state index contributed by atoms with van der Waals surface area (Å²) in [4.78, 5) is 12.7. The fraction of sp³-hybridized carbons (Fsp3) is 0.588. The van der Waals surface area contributed by atoms with Crippen molar-refractivity contribution < 1.29 is 4.79 Å². The van der Waals surface area contributed by atoms with Crippen LogP contribution in [0, 0.1) is 0 Å². The molecule has 2 aliphatic carbocycles. The van der Waals surface area contributed by atoms with E-state index in [0.29, 0.717) is 0 Å². The van der Waals surface area contributed by atoms with Gasteiger partial charge in [-0.1, -0.05) is 25.0 Å². The number of benzene rings is 1. The molecule has 0 bridgehead atoms. The average molecular weight is 304 g/mol. The Labute approximate surface area is 131 Å². The van der Waals surface area contributed by atoms with Gasteiger partial charge in [-0.3, -0.25) is 4.79 Å². The molecule has 1 aromatic rings. The standard InChI is InChI=1S/C17H24N2OS/c1-21-16(8-2-3-9-16)12-19-15(20)17(10-11-17)13-4-6-14(18)7-5-13/h4-7H,2-3,8-12,18H2,1H3,(H,19,20). The monoisotopic (exact) mass is 304 g/mol. The number of thioether (sulfide) groups is 1. The Morgan fingerprint density at radius 3 is 2.33 bits per heavy atom. The molecule has 0 saturated heterocycles. The highest BCUT2D eigenvalue weighted by Gasteiger charge is 2.51. The summed E-state index contributed by atoms with van der Waals surface area (Å²) in [6, 6.07) is 7.79. The molecular weight excluding hydrogens is 280 g/mol. The number of hydrogen-bond donors (Lipinski definition) is 2. The van der Waals surface area contributed by atoms with Gasteiger partial charge in [0.25, 0.3) is 0 Å². The number of anilines is 1. The summed E-state index contributed by atoms with van der Waals surface area (Å²) in [6.07, 6.45) is 9.11. The van der Waals surface area contributed by atoms with Gasteiger partial charge in [-0.2, -0.15) is 11.8 Å². The molecule has 0 atom stereocenters. The van der Waals surface area contributed by atoms with E-state index in [-0.39, 0.29) is 16.1 Å². The van der Waals surface area contributed by atoms with Crippen LogP contribution in [0.1, 0.15) is 44.1 Å². The second kappa shape index (κ2) is 5.56. The van der Waals surface area contributed by atoms with Crippen molar-refractivity contribution in [3.8, 4) is 0 Å². The number of carbonyl (C=O) groups excluding carboxylic acids is 1. The molecule has 114 valence electrons. The molecule has 3 N–H and O–H groups in total. The summed E-state index contributed by atoms with van der Waals surface area (Å²) in [7, 11) is 0. The van der Waals surface area contributed by atoms with E-state index in [2.05, 4.69) is 11.6 Å². The number of rotatable bonds is 5. The second-order valence-electron chi connectivity index (χ2n) is 6.48. The van der Waals surface area contributed by atoms with Crippen LogP contribution in [0.5, 0.6) is 0 Å². The van der Waals surface area contributed by atoms with Gasteiger partial charge in [0.05, 0.1) is 5.41 Å². The van der Waals surface area contributed by atoms with E-state index in [1.165, 1.54) is 25.7 Å². The number of amides is 1. The molecule has 0 spiro atoms. The first-order valence-electron chi connectivity index (χ1n) is 7.80. The first-order valence-corrected chi connectivity index (χ1v) is 9.02. The van der Waals surface area contributed by atoms with Gasteiger partial charge in [0, 0.05) is 17.0 Å². The Morgan fingerprint density at radius 2 is 1.81 bits per heavy atom. The molecule has 2 fully saturated rings. The molecule has 1 amide bonds. The lowest BCUT2D eigenvalue weighted by Gasteiger charge is -2.28. The number of nitrogen functional groups attached to an aromatic ring is 1. The molecule has 21 heavy (non-hydrogen) atoms. The van der Waals surface area contributed by atoms with Crippen LogP contribution in [-0.4, -0.2) is 23.5 Å². The third kappa shape index (κ3) is 2.78. The van der Waals surface area contributed by atoms with E-state index in [1.54, 1.807) is 0 Å². The molecule has 0 radical (unpaired) electrons. The zero-order valence-corrected chi connectivity index (χ0v) is 13.5. The SMILES string of the molecule is CSC1(CNC(=O)C2(c3ccc(N)cc3)CC2)CCCC1. The van der Waals surface area contributed by atoms with Crippen LogP contribution in [0.15, 0.2) is 24.3 Å². The van der Waals surface area contributed by atoms with Crippen LogP contribution in [0.4, 0.5) is 5.69 Å². The van der Waals surface area contributed by atoms with Crippen molar-refractivity contribution in [3.05, 3.63) is 29.8 Å². The van der Waals surface area contributed by atoms with Gasteiger partial charge in [0.15, 0.2) is 0 Å². The predicted molar refractivity (Wildman–Crippen MR) is 89.5 cm³/mol. The quantitative estimate of drug-likeness (QED) is 0.822. The van der Waals surface area contributed by atoms with E-state index in [4.69, 9.17) is 5.73 Å². The van der Waals surface area contributed by atoms with Gasteiger partial charge >= 0.3 is 0 Å². The van der Waals surface area contributed by atoms with E-state index < -0.39 is 0 Å². The van der Waals surface area contributed by atoms with Crippen molar-refractivity contribution >= 4 is 23.4 Å². The zero-order valence-electron chi connectivity index (χ0n) is 12.7. The molecule has 1 aromatic carbocycles. The van der Waals surface area contributed by atoms with Crippen molar-refractivity contribution in [2.24, 2.45) is 0 Å². The maximum atomic E-state index is 12.7. The first kappa shape index (κ1) is 14.8. The predicted octanol–water partition coefficient (Wildman–Crippen LogP) is 3.09. The van der Waals surface area contributed by atoms with Crippen molar-refractivity contribution in [2.75, 3.05) is 18.5 Å². The van der Waals surface area contributed by atoms with Crippen molar-refractivity contribution in [3.63, 3.8) is 0 Å². The van der Waals surface area contributed by atoms with E-state index >= 15 is 0 Å². The lowest BCUT2D eigenvalue weighted by atomic mass is 9.94. The zero-order chi connectivity index (χ0) is 14.9. The van der Waals surface area contributed by atoms with Crippen molar-refractivity contribution in [1.82, 2.24) is 5.32 Å². The molecule has 2 aliphatic rings. The summed E-state index contributed by atoms with van der Waals surface area (Å²) < 4.78 is 0.271. The third-order valence-electron chi connectivity index (χ3n) is 5.17. The fourth-order valence-electron chi connectivity index (χ4n) is 3.46. The lowest BCUT2D eigenvalue weighted by molar-refractivity contribution is -0.123. The molecule has 3 rings (SSSR count). The van der Waals surface area contributed by atoms with Crippen LogP contribution in [-0.2, 0) is 10.2 Å². The van der Waals surface area contributed by atoms with Gasteiger partial charge in [-0.15, -0.1) is 0 Å². The van der Waals surface area contributed by atoms with Gasteiger partial charge in [-0.25, -0.2) is 0 Å². The van der Waals surface area contributed by atoms with E-state index in [1.807, 2.05) is 36.0 Å². The maximum Gasteiger partial charge on any atom is 0.230 e. The minimum Gasteiger partial charge on any atom is -0.399 e. The largest absolute Gasteiger partial charge is 0.399 e. The summed E-state index contributed by atoms with van der Waals surface area (Å²) in [5.41, 5.74) is 7.32. The Hall–Kier alpha value is -1.16. The first-order chi connectivity index (χ1) is 10.1. The summed E-state index contributed by atoms with van der Waals surface area (Å²) in [6.45, 7) is 0.809. The van der Waals surface area contributed by atoms with Gasteiger partial charge in [-0.05, 0) is 49.6 Å². The molecule has 4 heteroatoms. The lowest BCUT2D eigenvalue weighted by Crippen LogP contribution is -2.43. The van der Waals surface area contributed by atoms with Crippen LogP contribution in [0.2, 0.25) is 0 Å². The number of carbonyl (C=O) groups is 1. The smallest absolute Gasteiger partial charge is 0.230 e. The van der Waals surface area contributed by atoms with Crippen LogP contribution in [0.3, 0.4) is 0 Å². The fourth-order valence-corrected chi connectivity index (χ4v) is 4.37. The molecular formula is C17H24N2OS. The number of hydrogen-bond acceptors (Lipinski definition) is 3. The Kier molecular flexibility index (Phi) is 3.91. The summed E-state index contributed by atoms with van der Waals surface area (Å²) in [5, 5.41) is 3.24. The highest BCUT2D eigenvalue weighted by Crippen LogP contribution is 2.49. The van der Waals surface area contributed by atoms with Gasteiger partial charge in [0.1, 0.15) is 0 Å². The van der Waals surface area contributed by atoms with Gasteiger partial charge < -0.3 is 11.1 Å². The Balaban J connectivity index is 1.66. The molecule has 0 aromatic heterocycles. The van der Waals surface area contributed by atoms with Crippen molar-refractivity contribution in [2.45, 2.75) is 48.7 Å². The normalized spacial score (nSPS) is 22.0. The third-order valence-corrected chi connectivity index (χ3v) is 6.59. The van der Waals surface area contributed by atoms with E-state index in [0.717, 1.165) is 30.6 Å². The Morgan fingerprint density at radius 1 is 1.19 bits per heavy atom. The topological polar surface area (TPSA) is 55.1 Å². The summed E-state index contributed by atoms with van der Waals surface area (Å²) in [5.74, 6) is 0.201. The van der Waals surface area contributed by atoms with Crippen LogP contribution in [0.25, 0.3) is 0 Å². The molecule has 0 aliphatic heterocycles. The van der Waals surface area contributed by atoms with Crippen LogP contribution >= 0.6 is 11.8 Å². The van der Waals surface area contributed by atoms with E-state index in [9.17, 15) is 4.79 Å². The number of nitrogens with one attached hydrogen (secondary N) is 1. The minimum atomic E-state index is -0.286.